The van der Waals surface area contributed by atoms with Crippen molar-refractivity contribution in [1.82, 2.24) is 0 Å². The summed E-state index contributed by atoms with van der Waals surface area (Å²) in [4.78, 5) is 14.4. The van der Waals surface area contributed by atoms with Gasteiger partial charge in [-0.15, -0.1) is 0 Å². The molecule has 1 amide bonds. The van der Waals surface area contributed by atoms with E-state index >= 15 is 0 Å². The molecule has 5 heteroatoms. The SMILES string of the molecule is CC1CCc2cc(F)ccc2N1C(=O)/C=C/c1ccc(Cl)cc1Cl. The molecular formula is C19H16Cl2FNO. The van der Waals surface area contributed by atoms with E-state index in [0.29, 0.717) is 10.0 Å². The van der Waals surface area contributed by atoms with Crippen molar-refractivity contribution in [3.05, 3.63) is 69.5 Å². The molecule has 0 saturated heterocycles. The van der Waals surface area contributed by atoms with Crippen LogP contribution in [0.15, 0.2) is 42.5 Å². The van der Waals surface area contributed by atoms with Crippen LogP contribution in [0.4, 0.5) is 10.1 Å². The Labute approximate surface area is 150 Å². The van der Waals surface area contributed by atoms with Gasteiger partial charge in [0.25, 0.3) is 5.91 Å². The maximum atomic E-state index is 13.4. The molecule has 3 rings (SSSR count). The lowest BCUT2D eigenvalue weighted by Gasteiger charge is -2.34. The molecule has 24 heavy (non-hydrogen) atoms. The minimum absolute atomic E-state index is 0.0563. The number of anilines is 1. The van der Waals surface area contributed by atoms with E-state index in [4.69, 9.17) is 23.2 Å². The highest BCUT2D eigenvalue weighted by molar-refractivity contribution is 6.35. The highest BCUT2D eigenvalue weighted by Crippen LogP contribution is 2.31. The van der Waals surface area contributed by atoms with Gasteiger partial charge >= 0.3 is 0 Å². The summed E-state index contributed by atoms with van der Waals surface area (Å²) in [6, 6.07) is 9.73. The Balaban J connectivity index is 1.88. The normalized spacial score (nSPS) is 17.2. The van der Waals surface area contributed by atoms with Gasteiger partial charge in [0, 0.05) is 27.9 Å². The van der Waals surface area contributed by atoms with Crippen LogP contribution in [-0.4, -0.2) is 11.9 Å². The maximum absolute atomic E-state index is 13.4. The number of benzene rings is 2. The second-order valence-corrected chi connectivity index (χ2v) is 6.71. The Bertz CT molecular complexity index is 819. The van der Waals surface area contributed by atoms with Crippen molar-refractivity contribution in [3.63, 3.8) is 0 Å². The lowest BCUT2D eigenvalue weighted by Crippen LogP contribution is -2.41. The minimum atomic E-state index is -0.279. The van der Waals surface area contributed by atoms with E-state index < -0.39 is 0 Å². The third kappa shape index (κ3) is 3.47. The Morgan fingerprint density at radius 3 is 2.79 bits per heavy atom. The number of rotatable bonds is 2. The number of fused-ring (bicyclic) bond motifs is 1. The first-order valence-corrected chi connectivity index (χ1v) is 8.46. The average Bonchev–Trinajstić information content (AvgIpc) is 2.54. The summed E-state index contributed by atoms with van der Waals surface area (Å²) in [6.07, 6.45) is 4.73. The molecule has 1 aliphatic heterocycles. The van der Waals surface area contributed by atoms with Crippen LogP contribution in [0.1, 0.15) is 24.5 Å². The molecule has 0 N–H and O–H groups in total. The fourth-order valence-electron chi connectivity index (χ4n) is 2.93. The fraction of sp³-hybridized carbons (Fsp3) is 0.211. The molecule has 2 aromatic carbocycles. The molecule has 1 heterocycles. The summed E-state index contributed by atoms with van der Waals surface area (Å²) >= 11 is 12.0. The van der Waals surface area contributed by atoms with E-state index in [0.717, 1.165) is 29.7 Å². The van der Waals surface area contributed by atoms with Gasteiger partial charge in [0.05, 0.1) is 0 Å². The van der Waals surface area contributed by atoms with Crippen molar-refractivity contribution >= 4 is 40.9 Å². The van der Waals surface area contributed by atoms with Crippen LogP contribution < -0.4 is 4.90 Å². The fourth-order valence-corrected chi connectivity index (χ4v) is 3.41. The van der Waals surface area contributed by atoms with Gasteiger partial charge in [0.15, 0.2) is 0 Å². The van der Waals surface area contributed by atoms with E-state index in [1.54, 1.807) is 35.2 Å². The monoisotopic (exact) mass is 363 g/mol. The van der Waals surface area contributed by atoms with Gasteiger partial charge in [-0.1, -0.05) is 29.3 Å². The number of carbonyl (C=O) groups excluding carboxylic acids is 1. The van der Waals surface area contributed by atoms with Crippen molar-refractivity contribution in [2.24, 2.45) is 0 Å². The minimum Gasteiger partial charge on any atom is -0.306 e. The van der Waals surface area contributed by atoms with E-state index in [-0.39, 0.29) is 17.8 Å². The molecular weight excluding hydrogens is 348 g/mol. The van der Waals surface area contributed by atoms with Gasteiger partial charge in [0.2, 0.25) is 0 Å². The van der Waals surface area contributed by atoms with Crippen molar-refractivity contribution in [2.45, 2.75) is 25.8 Å². The Morgan fingerprint density at radius 2 is 2.04 bits per heavy atom. The van der Waals surface area contributed by atoms with E-state index in [2.05, 4.69) is 0 Å². The van der Waals surface area contributed by atoms with E-state index in [9.17, 15) is 9.18 Å². The van der Waals surface area contributed by atoms with Crippen molar-refractivity contribution < 1.29 is 9.18 Å². The zero-order chi connectivity index (χ0) is 17.3. The zero-order valence-electron chi connectivity index (χ0n) is 13.1. The van der Waals surface area contributed by atoms with Crippen LogP contribution >= 0.6 is 23.2 Å². The molecule has 0 aliphatic carbocycles. The molecule has 1 unspecified atom stereocenters. The molecule has 0 spiro atoms. The second-order valence-electron chi connectivity index (χ2n) is 5.87. The third-order valence-corrected chi connectivity index (χ3v) is 4.74. The third-order valence-electron chi connectivity index (χ3n) is 4.18. The first kappa shape index (κ1) is 17.0. The highest BCUT2D eigenvalue weighted by atomic mass is 35.5. The number of nitrogens with zero attached hydrogens (tertiary/aromatic N) is 1. The number of hydrogen-bond donors (Lipinski definition) is 0. The van der Waals surface area contributed by atoms with Crippen LogP contribution in [-0.2, 0) is 11.2 Å². The summed E-state index contributed by atoms with van der Waals surface area (Å²) in [5, 5.41) is 1.03. The van der Waals surface area contributed by atoms with E-state index in [1.165, 1.54) is 18.2 Å². The predicted molar refractivity (Wildman–Crippen MR) is 97.2 cm³/mol. The summed E-state index contributed by atoms with van der Waals surface area (Å²) in [5.74, 6) is -0.430. The van der Waals surface area contributed by atoms with Crippen LogP contribution in [0.25, 0.3) is 6.08 Å². The smallest absolute Gasteiger partial charge is 0.251 e. The molecule has 0 radical (unpaired) electrons. The summed E-state index contributed by atoms with van der Waals surface area (Å²) in [5.41, 5.74) is 2.35. The van der Waals surface area contributed by atoms with Crippen molar-refractivity contribution in [2.75, 3.05) is 4.90 Å². The molecule has 1 aliphatic rings. The first-order valence-electron chi connectivity index (χ1n) is 7.70. The van der Waals surface area contributed by atoms with E-state index in [1.807, 2.05) is 6.92 Å². The lowest BCUT2D eigenvalue weighted by atomic mass is 9.96. The highest BCUT2D eigenvalue weighted by Gasteiger charge is 2.27. The van der Waals surface area contributed by atoms with Gasteiger partial charge in [0.1, 0.15) is 5.82 Å². The molecule has 1 atom stereocenters. The standard InChI is InChI=1S/C19H16Cl2FNO/c1-12-2-3-14-10-16(22)7-8-18(14)23(12)19(24)9-5-13-4-6-15(20)11-17(13)21/h4-12H,2-3H2,1H3/b9-5+. The molecule has 0 fully saturated rings. The largest absolute Gasteiger partial charge is 0.306 e. The Kier molecular flexibility index (Phi) is 4.93. The van der Waals surface area contributed by atoms with Crippen LogP contribution in [0.5, 0.6) is 0 Å². The maximum Gasteiger partial charge on any atom is 0.251 e. The van der Waals surface area contributed by atoms with Gasteiger partial charge in [-0.25, -0.2) is 4.39 Å². The zero-order valence-corrected chi connectivity index (χ0v) is 14.6. The van der Waals surface area contributed by atoms with Gasteiger partial charge in [-0.2, -0.15) is 0 Å². The van der Waals surface area contributed by atoms with Crippen molar-refractivity contribution in [3.8, 4) is 0 Å². The van der Waals surface area contributed by atoms with Crippen LogP contribution in [0, 0.1) is 5.82 Å². The summed E-state index contributed by atoms with van der Waals surface area (Å²) < 4.78 is 13.4. The number of halogens is 3. The number of amides is 1. The number of carbonyl (C=O) groups is 1. The summed E-state index contributed by atoms with van der Waals surface area (Å²) in [6.45, 7) is 1.99. The average molecular weight is 364 g/mol. The molecule has 2 nitrogen and oxygen atoms in total. The molecule has 124 valence electrons. The molecule has 0 bridgehead atoms. The molecule has 0 aromatic heterocycles. The van der Waals surface area contributed by atoms with Crippen molar-refractivity contribution in [1.29, 1.82) is 0 Å². The molecule has 0 saturated carbocycles. The van der Waals surface area contributed by atoms with Gasteiger partial charge in [-0.3, -0.25) is 4.79 Å². The second kappa shape index (κ2) is 6.96. The predicted octanol–water partition coefficient (Wildman–Crippen LogP) is 5.51. The lowest BCUT2D eigenvalue weighted by molar-refractivity contribution is -0.114. The Morgan fingerprint density at radius 1 is 1.25 bits per heavy atom. The summed E-state index contributed by atoms with van der Waals surface area (Å²) in [7, 11) is 0. The van der Waals surface area contributed by atoms with Gasteiger partial charge < -0.3 is 4.90 Å². The topological polar surface area (TPSA) is 20.3 Å². The van der Waals surface area contributed by atoms with Gasteiger partial charge in [-0.05, 0) is 67.3 Å². The Hall–Kier alpha value is -1.84. The van der Waals surface area contributed by atoms with Crippen LogP contribution in [0.3, 0.4) is 0 Å². The number of aryl methyl sites for hydroxylation is 1. The molecule has 2 aromatic rings. The number of hydrogen-bond acceptors (Lipinski definition) is 1. The quantitative estimate of drug-likeness (QED) is 0.643. The van der Waals surface area contributed by atoms with Crippen LogP contribution in [0.2, 0.25) is 10.0 Å². The first-order chi connectivity index (χ1) is 11.5.